The van der Waals surface area contributed by atoms with Crippen LogP contribution in [0.4, 0.5) is 4.79 Å². The first-order chi connectivity index (χ1) is 21.2. The number of nitrogens with zero attached hydrogens (tertiary/aromatic N) is 5. The normalized spacial score (nSPS) is 22.0. The Morgan fingerprint density at radius 2 is 1.42 bits per heavy atom. The smallest absolute Gasteiger partial charge is 0.326 e. The molecular weight excluding hydrogens is 609 g/mol. The van der Waals surface area contributed by atoms with Crippen LogP contribution in [0.2, 0.25) is 10.0 Å². The predicted molar refractivity (Wildman–Crippen MR) is 179 cm³/mol. The molecule has 1 fully saturated rings. The Labute approximate surface area is 276 Å². The second kappa shape index (κ2) is 12.3. The Kier molecular flexibility index (Phi) is 8.95. The summed E-state index contributed by atoms with van der Waals surface area (Å²) in [5.74, 6) is 1.06. The molecule has 8 nitrogen and oxygen atoms in total. The lowest BCUT2D eigenvalue weighted by Crippen LogP contribution is -2.61. The Bertz CT molecular complexity index is 1610. The maximum Gasteiger partial charge on any atom is 0.326 e. The number of amides is 3. The summed E-state index contributed by atoms with van der Waals surface area (Å²) in [5, 5.41) is 1.20. The quantitative estimate of drug-likeness (QED) is 0.291. The molecule has 2 aromatic carbocycles. The van der Waals surface area contributed by atoms with Crippen molar-refractivity contribution in [2.45, 2.75) is 65.0 Å². The zero-order valence-corrected chi connectivity index (χ0v) is 28.5. The number of amidine groups is 1. The largest absolute Gasteiger partial charge is 0.493 e. The highest BCUT2D eigenvalue weighted by molar-refractivity contribution is 6.30. The summed E-state index contributed by atoms with van der Waals surface area (Å²) in [5.41, 5.74) is 1.02. The van der Waals surface area contributed by atoms with Gasteiger partial charge < -0.3 is 14.5 Å². The average Bonchev–Trinajstić information content (AvgIpc) is 3.25. The first-order valence-corrected chi connectivity index (χ1v) is 16.1. The maximum absolute atomic E-state index is 14.9. The molecule has 2 aliphatic rings. The second-order valence-corrected chi connectivity index (χ2v) is 13.8. The summed E-state index contributed by atoms with van der Waals surface area (Å²) in [6, 6.07) is 16.9. The van der Waals surface area contributed by atoms with E-state index in [9.17, 15) is 9.59 Å². The zero-order valence-electron chi connectivity index (χ0n) is 27.0. The first-order valence-electron chi connectivity index (χ1n) is 15.3. The van der Waals surface area contributed by atoms with Crippen molar-refractivity contribution < 1.29 is 14.3 Å². The van der Waals surface area contributed by atoms with Crippen LogP contribution >= 0.6 is 23.2 Å². The topological polar surface area (TPSA) is 78.3 Å². The minimum absolute atomic E-state index is 0.00166. The summed E-state index contributed by atoms with van der Waals surface area (Å²) in [6.45, 7) is 16.0. The van der Waals surface area contributed by atoms with Gasteiger partial charge in [-0.15, -0.1) is 0 Å². The van der Waals surface area contributed by atoms with E-state index >= 15 is 0 Å². The van der Waals surface area contributed by atoms with Crippen molar-refractivity contribution in [1.29, 1.82) is 0 Å². The molecule has 10 heteroatoms. The molecule has 1 saturated heterocycles. The van der Waals surface area contributed by atoms with Crippen molar-refractivity contribution in [3.63, 3.8) is 0 Å². The van der Waals surface area contributed by atoms with E-state index in [-0.39, 0.29) is 17.4 Å². The standard InChI is InChI=1S/C35H41Cl2N5O3/c1-8-45-29-21-30(33(3,4)5)38-22-28(29)31-39-34(6,24-9-13-26(36)14-10-24)35(7,25-11-15-27(37)16-12-25)42(31)32(44)41-19-17-40(18-20-41)23(2)43/h9-16,21-22H,8,17-20H2,1-7H3/t34-,35+/m0/s1. The Morgan fingerprint density at radius 3 is 1.93 bits per heavy atom. The monoisotopic (exact) mass is 649 g/mol. The van der Waals surface area contributed by atoms with Crippen molar-refractivity contribution in [2.75, 3.05) is 32.8 Å². The highest BCUT2D eigenvalue weighted by Gasteiger charge is 2.60. The van der Waals surface area contributed by atoms with E-state index in [2.05, 4.69) is 20.8 Å². The Balaban J connectivity index is 1.76. The SMILES string of the molecule is CCOc1cc(C(C)(C)C)ncc1C1=N[C@@](C)(c2ccc(Cl)cc2)[C@@](C)(c2ccc(Cl)cc2)N1C(=O)N1CCN(C(C)=O)CC1. The highest BCUT2D eigenvalue weighted by atomic mass is 35.5. The van der Waals surface area contributed by atoms with E-state index in [1.807, 2.05) is 75.4 Å². The maximum atomic E-state index is 14.9. The second-order valence-electron chi connectivity index (χ2n) is 13.0. The molecule has 238 valence electrons. The van der Waals surface area contributed by atoms with Gasteiger partial charge in [0.15, 0.2) is 0 Å². The molecule has 5 rings (SSSR count). The van der Waals surface area contributed by atoms with Gasteiger partial charge in [-0.25, -0.2) is 4.79 Å². The van der Waals surface area contributed by atoms with E-state index in [4.69, 9.17) is 37.9 Å². The number of aromatic nitrogens is 1. The molecule has 0 saturated carbocycles. The summed E-state index contributed by atoms with van der Waals surface area (Å²) >= 11 is 12.7. The average molecular weight is 651 g/mol. The molecule has 0 unspecified atom stereocenters. The van der Waals surface area contributed by atoms with Gasteiger partial charge in [0.05, 0.1) is 12.2 Å². The number of ether oxygens (including phenoxy) is 1. The predicted octanol–water partition coefficient (Wildman–Crippen LogP) is 7.26. The Morgan fingerprint density at radius 1 is 0.889 bits per heavy atom. The number of rotatable bonds is 5. The molecule has 3 amide bonds. The van der Waals surface area contributed by atoms with Crippen LogP contribution < -0.4 is 4.74 Å². The van der Waals surface area contributed by atoms with Crippen LogP contribution in [0.1, 0.15) is 70.9 Å². The highest BCUT2D eigenvalue weighted by Crippen LogP contribution is 2.54. The van der Waals surface area contributed by atoms with Gasteiger partial charge in [-0.3, -0.25) is 19.7 Å². The Hall–Kier alpha value is -3.62. The third-order valence-corrected chi connectivity index (χ3v) is 9.62. The number of hydrogen-bond donors (Lipinski definition) is 0. The summed E-state index contributed by atoms with van der Waals surface area (Å²) in [4.78, 5) is 42.7. The fraction of sp³-hybridized carbons (Fsp3) is 0.429. The van der Waals surface area contributed by atoms with Crippen LogP contribution in [0.5, 0.6) is 5.75 Å². The van der Waals surface area contributed by atoms with Gasteiger partial charge in [0.2, 0.25) is 5.91 Å². The molecule has 45 heavy (non-hydrogen) atoms. The lowest BCUT2D eigenvalue weighted by Gasteiger charge is -2.47. The lowest BCUT2D eigenvalue weighted by atomic mass is 9.71. The van der Waals surface area contributed by atoms with Gasteiger partial charge in [0, 0.05) is 66.5 Å². The fourth-order valence-electron chi connectivity index (χ4n) is 6.21. The van der Waals surface area contributed by atoms with Crippen LogP contribution in [-0.2, 0) is 21.3 Å². The van der Waals surface area contributed by atoms with Crippen LogP contribution in [0.25, 0.3) is 0 Å². The molecule has 3 aromatic rings. The third-order valence-electron chi connectivity index (χ3n) is 9.11. The van der Waals surface area contributed by atoms with E-state index < -0.39 is 11.1 Å². The number of hydrogen-bond acceptors (Lipinski definition) is 5. The van der Waals surface area contributed by atoms with E-state index in [0.29, 0.717) is 60.0 Å². The van der Waals surface area contributed by atoms with Crippen LogP contribution in [0.3, 0.4) is 0 Å². The van der Waals surface area contributed by atoms with Gasteiger partial charge >= 0.3 is 6.03 Å². The number of aliphatic imine (C=N–C) groups is 1. The summed E-state index contributed by atoms with van der Waals surface area (Å²) in [6.07, 6.45) is 1.77. The molecular formula is C35H41Cl2N5O3. The molecule has 2 atom stereocenters. The number of pyridine rings is 1. The van der Waals surface area contributed by atoms with E-state index in [1.54, 1.807) is 27.8 Å². The molecule has 0 radical (unpaired) electrons. The number of urea groups is 1. The number of benzene rings is 2. The van der Waals surface area contributed by atoms with Crippen molar-refractivity contribution in [2.24, 2.45) is 4.99 Å². The fourth-order valence-corrected chi connectivity index (χ4v) is 6.46. The molecule has 2 aliphatic heterocycles. The minimum Gasteiger partial charge on any atom is -0.493 e. The first kappa shape index (κ1) is 32.8. The van der Waals surface area contributed by atoms with Crippen molar-refractivity contribution in [3.8, 4) is 5.75 Å². The molecule has 0 bridgehead atoms. The lowest BCUT2D eigenvalue weighted by molar-refractivity contribution is -0.130. The van der Waals surface area contributed by atoms with Crippen molar-refractivity contribution in [3.05, 3.63) is 93.2 Å². The zero-order chi connectivity index (χ0) is 32.7. The molecule has 0 N–H and O–H groups in total. The molecule has 3 heterocycles. The van der Waals surface area contributed by atoms with Gasteiger partial charge in [-0.05, 0) is 56.2 Å². The van der Waals surface area contributed by atoms with Crippen LogP contribution in [0.15, 0.2) is 65.8 Å². The minimum atomic E-state index is -1.03. The number of carbonyl (C=O) groups excluding carboxylic acids is 2. The van der Waals surface area contributed by atoms with Crippen LogP contribution in [0, 0.1) is 0 Å². The van der Waals surface area contributed by atoms with E-state index in [0.717, 1.165) is 16.8 Å². The molecule has 0 spiro atoms. The molecule has 0 aliphatic carbocycles. The van der Waals surface area contributed by atoms with E-state index in [1.165, 1.54) is 0 Å². The number of carbonyl (C=O) groups is 2. The molecule has 1 aromatic heterocycles. The van der Waals surface area contributed by atoms with Gasteiger partial charge in [-0.1, -0.05) is 68.2 Å². The summed E-state index contributed by atoms with van der Waals surface area (Å²) in [7, 11) is 0. The van der Waals surface area contributed by atoms with Crippen LogP contribution in [-0.4, -0.2) is 70.2 Å². The number of piperazine rings is 1. The summed E-state index contributed by atoms with van der Waals surface area (Å²) < 4.78 is 6.23. The number of halogens is 2. The van der Waals surface area contributed by atoms with Gasteiger partial charge in [0.1, 0.15) is 22.7 Å². The van der Waals surface area contributed by atoms with Crippen molar-refractivity contribution in [1.82, 2.24) is 19.7 Å². The third kappa shape index (κ3) is 5.90. The van der Waals surface area contributed by atoms with Gasteiger partial charge in [0.25, 0.3) is 0 Å². The van der Waals surface area contributed by atoms with Crippen molar-refractivity contribution >= 4 is 41.0 Å². The van der Waals surface area contributed by atoms with Gasteiger partial charge in [-0.2, -0.15) is 0 Å².